The standard InChI is InChI=1S/C31H37ClN2O5/c1-33-15-6-4-3-5-7-16-34-20-30(14-8-9-22-17-24(32)11-12-25(22)30)21-39-27-13-10-23(18-26(27)34)31(37,19-28(33)35)29(36)38-2/h3-4,10-13,17-18,37H,5-9,14-16,19-21H2,1-2H3/b4-3+/t30-,31+/m0/s1. The van der Waals surface area contributed by atoms with Crippen molar-refractivity contribution in [3.05, 3.63) is 70.3 Å². The summed E-state index contributed by atoms with van der Waals surface area (Å²) in [5.41, 5.74) is 1.35. The zero-order valence-electron chi connectivity index (χ0n) is 22.7. The second-order valence-electron chi connectivity index (χ2n) is 11.1. The van der Waals surface area contributed by atoms with Crippen molar-refractivity contribution in [2.24, 2.45) is 0 Å². The van der Waals surface area contributed by atoms with Gasteiger partial charge in [-0.15, -0.1) is 0 Å². The third-order valence-electron chi connectivity index (χ3n) is 8.47. The number of aliphatic hydroxyl groups is 1. The number of fused-ring (bicyclic) bond motifs is 3. The molecule has 0 fully saturated rings. The molecule has 0 radical (unpaired) electrons. The van der Waals surface area contributed by atoms with Gasteiger partial charge in [0, 0.05) is 37.1 Å². The van der Waals surface area contributed by atoms with E-state index < -0.39 is 18.0 Å². The number of aryl methyl sites for hydroxylation is 1. The molecular weight excluding hydrogens is 516 g/mol. The second-order valence-corrected chi connectivity index (χ2v) is 11.5. The first kappa shape index (κ1) is 27.5. The maximum absolute atomic E-state index is 13.1. The fourth-order valence-corrected chi connectivity index (χ4v) is 6.45. The van der Waals surface area contributed by atoms with Crippen molar-refractivity contribution in [1.29, 1.82) is 0 Å². The number of carbonyl (C=O) groups is 2. The number of nitrogens with zero attached hydrogens (tertiary/aromatic N) is 2. The van der Waals surface area contributed by atoms with Crippen molar-refractivity contribution in [1.82, 2.24) is 4.90 Å². The highest BCUT2D eigenvalue weighted by atomic mass is 35.5. The normalized spacial score (nSPS) is 26.5. The predicted octanol–water partition coefficient (Wildman–Crippen LogP) is 4.76. The zero-order valence-corrected chi connectivity index (χ0v) is 23.5. The number of hydrogen-bond acceptors (Lipinski definition) is 6. The summed E-state index contributed by atoms with van der Waals surface area (Å²) in [4.78, 5) is 29.9. The highest BCUT2D eigenvalue weighted by Crippen LogP contribution is 2.45. The lowest BCUT2D eigenvalue weighted by Gasteiger charge is -2.41. The van der Waals surface area contributed by atoms with Gasteiger partial charge < -0.3 is 24.4 Å². The molecule has 3 aliphatic rings. The molecule has 1 spiro atoms. The fraction of sp³-hybridized carbons (Fsp3) is 0.484. The highest BCUT2D eigenvalue weighted by Gasteiger charge is 2.45. The van der Waals surface area contributed by atoms with Crippen LogP contribution in [0.2, 0.25) is 5.02 Å². The minimum atomic E-state index is -2.12. The van der Waals surface area contributed by atoms with E-state index in [1.807, 2.05) is 12.1 Å². The molecule has 2 aromatic rings. The Bertz CT molecular complexity index is 1280. The van der Waals surface area contributed by atoms with Crippen LogP contribution in [0.3, 0.4) is 0 Å². The number of anilines is 1. The van der Waals surface area contributed by atoms with Gasteiger partial charge in [0.05, 0.1) is 25.8 Å². The lowest BCUT2D eigenvalue weighted by molar-refractivity contribution is -0.168. The maximum atomic E-state index is 13.1. The van der Waals surface area contributed by atoms with Crippen molar-refractivity contribution >= 4 is 29.2 Å². The molecule has 0 unspecified atom stereocenters. The van der Waals surface area contributed by atoms with Crippen LogP contribution in [0.25, 0.3) is 0 Å². The van der Waals surface area contributed by atoms with E-state index in [1.165, 1.54) is 18.2 Å². The molecule has 0 saturated carbocycles. The van der Waals surface area contributed by atoms with Crippen molar-refractivity contribution < 1.29 is 24.2 Å². The van der Waals surface area contributed by atoms with Gasteiger partial charge in [0.25, 0.3) is 0 Å². The first-order valence-electron chi connectivity index (χ1n) is 13.8. The maximum Gasteiger partial charge on any atom is 0.343 e. The van der Waals surface area contributed by atoms with Gasteiger partial charge in [0.15, 0.2) is 5.60 Å². The number of ether oxygens (including phenoxy) is 2. The van der Waals surface area contributed by atoms with Gasteiger partial charge in [-0.3, -0.25) is 4.79 Å². The third-order valence-corrected chi connectivity index (χ3v) is 8.70. The SMILES string of the molecule is COC(=O)[C@@]1(O)CC(=O)N(C)CC/C=C/CCCN2C[C@@]3(CCCc4cc(Cl)ccc43)COc3ccc1cc32. The van der Waals surface area contributed by atoms with Gasteiger partial charge in [0.2, 0.25) is 5.91 Å². The van der Waals surface area contributed by atoms with E-state index in [1.54, 1.807) is 24.1 Å². The molecule has 1 aliphatic carbocycles. The van der Waals surface area contributed by atoms with Crippen molar-refractivity contribution in [3.63, 3.8) is 0 Å². The molecule has 208 valence electrons. The largest absolute Gasteiger partial charge is 0.490 e. The molecule has 0 saturated heterocycles. The van der Waals surface area contributed by atoms with Gasteiger partial charge in [-0.1, -0.05) is 35.9 Å². The van der Waals surface area contributed by atoms with Crippen LogP contribution in [0.1, 0.15) is 55.2 Å². The molecule has 7 nitrogen and oxygen atoms in total. The lowest BCUT2D eigenvalue weighted by atomic mass is 9.70. The average molecular weight is 553 g/mol. The van der Waals surface area contributed by atoms with Crippen LogP contribution in [0.5, 0.6) is 5.75 Å². The Morgan fingerprint density at radius 2 is 1.92 bits per heavy atom. The number of carbonyl (C=O) groups excluding carboxylic acids is 2. The van der Waals surface area contributed by atoms with Crippen LogP contribution in [-0.4, -0.2) is 62.3 Å². The Kier molecular flexibility index (Phi) is 7.92. The van der Waals surface area contributed by atoms with E-state index >= 15 is 0 Å². The van der Waals surface area contributed by atoms with Gasteiger partial charge >= 0.3 is 5.97 Å². The van der Waals surface area contributed by atoms with Gasteiger partial charge in [-0.05, 0) is 79.5 Å². The van der Waals surface area contributed by atoms with Crippen LogP contribution in [0, 0.1) is 0 Å². The number of halogens is 1. The van der Waals surface area contributed by atoms with Crippen molar-refractivity contribution in [3.8, 4) is 5.75 Å². The van der Waals surface area contributed by atoms with Gasteiger partial charge in [-0.2, -0.15) is 0 Å². The number of benzene rings is 2. The predicted molar refractivity (Wildman–Crippen MR) is 151 cm³/mol. The molecule has 2 aliphatic heterocycles. The lowest BCUT2D eigenvalue weighted by Crippen LogP contribution is -2.46. The zero-order chi connectivity index (χ0) is 27.6. The quantitative estimate of drug-likeness (QED) is 0.406. The number of esters is 1. The number of hydrogen-bond donors (Lipinski definition) is 1. The summed E-state index contributed by atoms with van der Waals surface area (Å²) in [6.07, 6.45) is 9.44. The number of rotatable bonds is 1. The molecular formula is C31H37ClN2O5. The summed E-state index contributed by atoms with van der Waals surface area (Å²) >= 11 is 6.36. The minimum Gasteiger partial charge on any atom is -0.490 e. The van der Waals surface area contributed by atoms with E-state index in [0.29, 0.717) is 30.9 Å². The molecule has 39 heavy (non-hydrogen) atoms. The summed E-state index contributed by atoms with van der Waals surface area (Å²) in [7, 11) is 2.91. The third kappa shape index (κ3) is 5.39. The van der Waals surface area contributed by atoms with E-state index in [9.17, 15) is 14.7 Å². The average Bonchev–Trinajstić information content (AvgIpc) is 3.08. The Morgan fingerprint density at radius 3 is 2.74 bits per heavy atom. The Balaban J connectivity index is 1.60. The van der Waals surface area contributed by atoms with Gasteiger partial charge in [-0.25, -0.2) is 4.79 Å². The fourth-order valence-electron chi connectivity index (χ4n) is 6.25. The van der Waals surface area contributed by atoms with Crippen molar-refractivity contribution in [2.45, 2.75) is 56.0 Å². The molecule has 8 heteroatoms. The monoisotopic (exact) mass is 552 g/mol. The first-order valence-corrected chi connectivity index (χ1v) is 14.1. The highest BCUT2D eigenvalue weighted by molar-refractivity contribution is 6.30. The molecule has 0 aromatic heterocycles. The Labute approximate surface area is 235 Å². The molecule has 2 heterocycles. The Hall–Kier alpha value is -3.03. The summed E-state index contributed by atoms with van der Waals surface area (Å²) in [5, 5.41) is 12.4. The minimum absolute atomic E-state index is 0.215. The molecule has 2 atom stereocenters. The smallest absolute Gasteiger partial charge is 0.343 e. The molecule has 1 amide bonds. The molecule has 2 bridgehead atoms. The first-order chi connectivity index (χ1) is 18.8. The van der Waals surface area contributed by atoms with E-state index in [4.69, 9.17) is 21.1 Å². The number of methoxy groups -OCH3 is 1. The summed E-state index contributed by atoms with van der Waals surface area (Å²) in [6, 6.07) is 11.5. The second kappa shape index (κ2) is 11.2. The Morgan fingerprint density at radius 1 is 1.10 bits per heavy atom. The summed E-state index contributed by atoms with van der Waals surface area (Å²) in [6.45, 7) is 2.54. The number of allylic oxidation sites excluding steroid dienone is 1. The van der Waals surface area contributed by atoms with Crippen LogP contribution >= 0.6 is 11.6 Å². The van der Waals surface area contributed by atoms with Crippen LogP contribution in [0.4, 0.5) is 5.69 Å². The topological polar surface area (TPSA) is 79.3 Å². The van der Waals surface area contributed by atoms with Crippen molar-refractivity contribution in [2.75, 3.05) is 45.3 Å². The van der Waals surface area contributed by atoms with E-state index in [-0.39, 0.29) is 11.3 Å². The van der Waals surface area contributed by atoms with Gasteiger partial charge in [0.1, 0.15) is 5.75 Å². The number of amides is 1. The summed E-state index contributed by atoms with van der Waals surface area (Å²) < 4.78 is 11.5. The van der Waals surface area contributed by atoms with Crippen LogP contribution in [0.15, 0.2) is 48.6 Å². The van der Waals surface area contributed by atoms with E-state index in [0.717, 1.165) is 55.9 Å². The van der Waals surface area contributed by atoms with Crippen LogP contribution in [-0.2, 0) is 31.8 Å². The molecule has 2 aromatic carbocycles. The van der Waals surface area contributed by atoms with E-state index in [2.05, 4.69) is 29.2 Å². The van der Waals surface area contributed by atoms with Crippen LogP contribution < -0.4 is 9.64 Å². The summed E-state index contributed by atoms with van der Waals surface area (Å²) in [5.74, 6) is -0.484. The molecule has 1 N–H and O–H groups in total. The molecule has 5 rings (SSSR count).